The summed E-state index contributed by atoms with van der Waals surface area (Å²) in [6.07, 6.45) is 2.16. The molecule has 0 saturated carbocycles. The zero-order chi connectivity index (χ0) is 27.9. The highest BCUT2D eigenvalue weighted by atomic mass is 16.5. The van der Waals surface area contributed by atoms with Crippen molar-refractivity contribution < 1.29 is 48.5 Å². The second kappa shape index (κ2) is 12.5. The summed E-state index contributed by atoms with van der Waals surface area (Å²) in [6, 6.07) is 5.48. The molecule has 0 saturated heterocycles. The lowest BCUT2D eigenvalue weighted by molar-refractivity contribution is -0.138. The van der Waals surface area contributed by atoms with Crippen LogP contribution in [-0.4, -0.2) is 58.2 Å². The molecule has 2 aromatic rings. The highest BCUT2D eigenvalue weighted by molar-refractivity contribution is 6.30. The number of aliphatic carboxylic acids is 1. The largest absolute Gasteiger partial charge is 0.480 e. The number of carbonyl (C=O) groups is 6. The Morgan fingerprint density at radius 2 is 1.46 bits per heavy atom. The molecule has 2 aromatic carbocycles. The number of rotatable bonds is 8. The van der Waals surface area contributed by atoms with Gasteiger partial charge in [-0.05, 0) is 37.6 Å². The van der Waals surface area contributed by atoms with Crippen molar-refractivity contribution in [2.45, 2.75) is 39.2 Å². The predicted octanol–water partition coefficient (Wildman–Crippen LogP) is 1.54. The van der Waals surface area contributed by atoms with Crippen molar-refractivity contribution in [2.75, 3.05) is 6.54 Å². The van der Waals surface area contributed by atoms with Crippen LogP contribution in [0.25, 0.3) is 0 Å². The number of esters is 2. The van der Waals surface area contributed by atoms with Gasteiger partial charge in [-0.3, -0.25) is 24.0 Å². The van der Waals surface area contributed by atoms with Gasteiger partial charge in [-0.15, -0.1) is 0 Å². The first-order valence-electron chi connectivity index (χ1n) is 11.1. The number of carbonyl (C=O) groups excluding carboxylic acids is 4. The maximum absolute atomic E-state index is 13.1. The van der Waals surface area contributed by atoms with Crippen LogP contribution in [0.4, 0.5) is 0 Å². The van der Waals surface area contributed by atoms with Crippen LogP contribution in [0.15, 0.2) is 30.3 Å². The summed E-state index contributed by atoms with van der Waals surface area (Å²) >= 11 is 0. The molecule has 0 amide bonds. The summed E-state index contributed by atoms with van der Waals surface area (Å²) in [5.41, 5.74) is 9.45. The number of hydrogen-bond acceptors (Lipinski definition) is 10. The molecule has 0 bridgehead atoms. The standard InChI is InChI=1S/C19H12O8.C6H14N2O2/c1-8(20)26-13-5-3-4-11-15(13)18(23)16-12(17(11)22)6-10(19(24)25)7-14(16)27-9(2)21;7-4-2-1-3-5(8)6(9)10/h3-7H,1-2H3,(H,24,25);5H,1-4,7-8H2,(H,9,10). The highest BCUT2D eigenvalue weighted by Gasteiger charge is 2.36. The molecule has 6 N–H and O–H groups in total. The van der Waals surface area contributed by atoms with Gasteiger partial charge in [-0.2, -0.15) is 0 Å². The normalized spacial score (nSPS) is 12.3. The number of benzene rings is 2. The van der Waals surface area contributed by atoms with Crippen molar-refractivity contribution in [3.8, 4) is 11.5 Å². The minimum absolute atomic E-state index is 0.0393. The number of unbranched alkanes of at least 4 members (excludes halogenated alkanes) is 1. The smallest absolute Gasteiger partial charge is 0.335 e. The Bertz CT molecular complexity index is 1270. The fourth-order valence-electron chi connectivity index (χ4n) is 3.48. The average molecular weight is 514 g/mol. The van der Waals surface area contributed by atoms with Gasteiger partial charge in [0.05, 0.1) is 16.7 Å². The van der Waals surface area contributed by atoms with E-state index < -0.39 is 41.5 Å². The molecule has 0 spiro atoms. The Morgan fingerprint density at radius 3 is 2.00 bits per heavy atom. The summed E-state index contributed by atoms with van der Waals surface area (Å²) < 4.78 is 9.99. The van der Waals surface area contributed by atoms with Crippen molar-refractivity contribution in [1.82, 2.24) is 0 Å². The van der Waals surface area contributed by atoms with Gasteiger partial charge in [0.1, 0.15) is 17.5 Å². The number of fused-ring (bicyclic) bond motifs is 2. The van der Waals surface area contributed by atoms with Gasteiger partial charge in [0.2, 0.25) is 5.78 Å². The summed E-state index contributed by atoms with van der Waals surface area (Å²) in [5.74, 6) is -5.59. The van der Waals surface area contributed by atoms with Crippen molar-refractivity contribution >= 4 is 35.4 Å². The minimum Gasteiger partial charge on any atom is -0.480 e. The Balaban J connectivity index is 0.000000410. The van der Waals surface area contributed by atoms with Crippen LogP contribution in [0.3, 0.4) is 0 Å². The number of nitrogens with two attached hydrogens (primary N) is 2. The van der Waals surface area contributed by atoms with E-state index in [1.807, 2.05) is 0 Å². The summed E-state index contributed by atoms with van der Waals surface area (Å²) in [4.78, 5) is 70.1. The van der Waals surface area contributed by atoms with Gasteiger partial charge >= 0.3 is 23.9 Å². The highest BCUT2D eigenvalue weighted by Crippen LogP contribution is 2.38. The minimum atomic E-state index is -1.36. The predicted molar refractivity (Wildman–Crippen MR) is 128 cm³/mol. The first-order chi connectivity index (χ1) is 17.4. The molecule has 1 unspecified atom stereocenters. The van der Waals surface area contributed by atoms with E-state index in [2.05, 4.69) is 0 Å². The van der Waals surface area contributed by atoms with Crippen LogP contribution in [0.5, 0.6) is 11.5 Å². The molecule has 37 heavy (non-hydrogen) atoms. The topological polar surface area (TPSA) is 213 Å². The van der Waals surface area contributed by atoms with Gasteiger partial charge in [0.25, 0.3) is 0 Å². The van der Waals surface area contributed by atoms with E-state index in [0.29, 0.717) is 13.0 Å². The molecule has 12 heteroatoms. The quantitative estimate of drug-likeness (QED) is 0.191. The fraction of sp³-hybridized carbons (Fsp3) is 0.280. The van der Waals surface area contributed by atoms with Gasteiger partial charge in [0.15, 0.2) is 5.78 Å². The Morgan fingerprint density at radius 1 is 0.865 bits per heavy atom. The molecule has 3 rings (SSSR count). The average Bonchev–Trinajstić information content (AvgIpc) is 2.81. The third-order valence-corrected chi connectivity index (χ3v) is 5.11. The van der Waals surface area contributed by atoms with Gasteiger partial charge < -0.3 is 31.2 Å². The van der Waals surface area contributed by atoms with Crippen LogP contribution in [0, 0.1) is 0 Å². The molecule has 1 aliphatic carbocycles. The molecule has 0 aliphatic heterocycles. The zero-order valence-electron chi connectivity index (χ0n) is 20.1. The number of hydrogen-bond donors (Lipinski definition) is 4. The lowest BCUT2D eigenvalue weighted by Crippen LogP contribution is -2.29. The maximum Gasteiger partial charge on any atom is 0.335 e. The van der Waals surface area contributed by atoms with Crippen molar-refractivity contribution in [3.63, 3.8) is 0 Å². The van der Waals surface area contributed by atoms with Crippen molar-refractivity contribution in [1.29, 1.82) is 0 Å². The molecule has 1 atom stereocenters. The monoisotopic (exact) mass is 514 g/mol. The number of carboxylic acid groups (broad SMARTS) is 2. The Kier molecular flexibility index (Phi) is 9.75. The van der Waals surface area contributed by atoms with Crippen molar-refractivity contribution in [3.05, 3.63) is 58.1 Å². The van der Waals surface area contributed by atoms with Gasteiger partial charge in [-0.1, -0.05) is 18.6 Å². The molecule has 12 nitrogen and oxygen atoms in total. The SMILES string of the molecule is CC(=O)Oc1cccc2c1C(=O)c1c(OC(C)=O)cc(C(=O)O)cc1C2=O.NCCCCC(N)C(=O)O. The zero-order valence-corrected chi connectivity index (χ0v) is 20.1. The summed E-state index contributed by atoms with van der Waals surface area (Å²) in [7, 11) is 0. The van der Waals surface area contributed by atoms with E-state index in [4.69, 9.17) is 26.0 Å². The molecule has 0 radical (unpaired) electrons. The van der Waals surface area contributed by atoms with Crippen LogP contribution in [0.1, 0.15) is 75.3 Å². The lowest BCUT2D eigenvalue weighted by atomic mass is 9.82. The second-order valence-electron chi connectivity index (χ2n) is 7.96. The second-order valence-corrected chi connectivity index (χ2v) is 7.96. The molecule has 0 heterocycles. The molecule has 1 aliphatic rings. The van der Waals surface area contributed by atoms with Crippen molar-refractivity contribution in [2.24, 2.45) is 11.5 Å². The Hall–Kier alpha value is -4.42. The van der Waals surface area contributed by atoms with Gasteiger partial charge in [-0.25, -0.2) is 4.79 Å². The van der Waals surface area contributed by atoms with E-state index in [1.54, 1.807) is 0 Å². The van der Waals surface area contributed by atoms with Crippen LogP contribution >= 0.6 is 0 Å². The Labute approximate surface area is 211 Å². The molecular formula is C25H26N2O10. The van der Waals surface area contributed by atoms with E-state index >= 15 is 0 Å². The maximum atomic E-state index is 13.1. The van der Waals surface area contributed by atoms with E-state index in [1.165, 1.54) is 18.2 Å². The van der Waals surface area contributed by atoms with Gasteiger partial charge in [0, 0.05) is 25.0 Å². The van der Waals surface area contributed by atoms with E-state index in [0.717, 1.165) is 38.8 Å². The van der Waals surface area contributed by atoms with Crippen LogP contribution in [0.2, 0.25) is 0 Å². The molecule has 0 fully saturated rings. The number of carboxylic acids is 2. The summed E-state index contributed by atoms with van der Waals surface area (Å²) in [5, 5.41) is 17.6. The summed E-state index contributed by atoms with van der Waals surface area (Å²) in [6.45, 7) is 2.82. The number of aromatic carboxylic acids is 1. The number of ketones is 2. The first kappa shape index (κ1) is 28.8. The van der Waals surface area contributed by atoms with Crippen LogP contribution in [-0.2, 0) is 14.4 Å². The fourth-order valence-corrected chi connectivity index (χ4v) is 3.48. The number of ether oxygens (including phenoxy) is 2. The van der Waals surface area contributed by atoms with Crippen LogP contribution < -0.4 is 20.9 Å². The van der Waals surface area contributed by atoms with E-state index in [-0.39, 0.29) is 39.3 Å². The third kappa shape index (κ3) is 7.06. The lowest BCUT2D eigenvalue weighted by Gasteiger charge is -2.21. The first-order valence-corrected chi connectivity index (χ1v) is 11.1. The molecule has 196 valence electrons. The molecule has 0 aromatic heterocycles. The third-order valence-electron chi connectivity index (χ3n) is 5.11. The van der Waals surface area contributed by atoms with E-state index in [9.17, 15) is 33.9 Å². The molecular weight excluding hydrogens is 488 g/mol.